The number of nitrogens with one attached hydrogen (secondary N) is 2. The number of carbonyl (C=O) groups excluding carboxylic acids is 1. The van der Waals surface area contributed by atoms with Crippen molar-refractivity contribution < 1.29 is 4.79 Å². The van der Waals surface area contributed by atoms with E-state index < -0.39 is 0 Å². The highest BCUT2D eigenvalue weighted by atomic mass is 35.5. The molecule has 2 atom stereocenters. The predicted molar refractivity (Wildman–Crippen MR) is 153 cm³/mol. The van der Waals surface area contributed by atoms with Gasteiger partial charge in [0.15, 0.2) is 0 Å². The summed E-state index contributed by atoms with van der Waals surface area (Å²) in [5, 5.41) is 10.5. The van der Waals surface area contributed by atoms with E-state index >= 15 is 0 Å². The van der Waals surface area contributed by atoms with Gasteiger partial charge in [0.05, 0.1) is 5.92 Å². The number of halogens is 2. The molecule has 0 radical (unpaired) electrons. The van der Waals surface area contributed by atoms with Crippen molar-refractivity contribution in [1.82, 2.24) is 15.5 Å². The molecule has 2 unspecified atom stereocenters. The third-order valence-corrected chi connectivity index (χ3v) is 7.57. The lowest BCUT2D eigenvalue weighted by Gasteiger charge is -2.38. The fraction of sp³-hybridized carbons (Fsp3) is 0.258. The highest BCUT2D eigenvalue weighted by Crippen LogP contribution is 2.24. The maximum Gasteiger partial charge on any atom is 0.224 e. The Hall–Kier alpha value is -2.89. The van der Waals surface area contributed by atoms with Crippen LogP contribution in [0.25, 0.3) is 10.8 Å². The maximum absolute atomic E-state index is 13.3. The SMILES string of the molecule is O=C(NCc1cccc2ccccc12)C1CNCC(N(Cc2cccc(Cl)c2)Cc2cccc(Cl)c2)C1. The van der Waals surface area contributed by atoms with Crippen molar-refractivity contribution in [3.8, 4) is 0 Å². The minimum absolute atomic E-state index is 0.0931. The summed E-state index contributed by atoms with van der Waals surface area (Å²) >= 11 is 12.6. The molecule has 1 aliphatic rings. The normalized spacial score (nSPS) is 17.7. The van der Waals surface area contributed by atoms with Crippen LogP contribution in [0.4, 0.5) is 0 Å². The largest absolute Gasteiger partial charge is 0.352 e. The molecule has 37 heavy (non-hydrogen) atoms. The summed E-state index contributed by atoms with van der Waals surface area (Å²) < 4.78 is 0. The number of piperidine rings is 1. The number of rotatable bonds is 8. The molecular weight excluding hydrogens is 501 g/mol. The Morgan fingerprint density at radius 3 is 2.19 bits per heavy atom. The molecule has 4 aromatic rings. The maximum atomic E-state index is 13.3. The van der Waals surface area contributed by atoms with Gasteiger partial charge in [-0.15, -0.1) is 0 Å². The molecule has 1 fully saturated rings. The second-order valence-corrected chi connectivity index (χ2v) is 10.6. The first kappa shape index (κ1) is 25.7. The van der Waals surface area contributed by atoms with Gasteiger partial charge in [-0.25, -0.2) is 0 Å². The first-order chi connectivity index (χ1) is 18.0. The molecule has 190 valence electrons. The quantitative estimate of drug-likeness (QED) is 0.275. The Balaban J connectivity index is 1.29. The smallest absolute Gasteiger partial charge is 0.224 e. The lowest BCUT2D eigenvalue weighted by Crippen LogP contribution is -2.51. The standard InChI is InChI=1S/C31H31Cl2N3O/c32-27-11-3-6-22(14-27)20-36(21-23-7-4-12-28(33)15-23)29-16-26(17-34-19-29)31(37)35-18-25-10-5-9-24-8-1-2-13-30(24)25/h1-15,26,29,34H,16-21H2,(H,35,37). The van der Waals surface area contributed by atoms with E-state index in [1.807, 2.05) is 54.6 Å². The van der Waals surface area contributed by atoms with Crippen molar-refractivity contribution in [1.29, 1.82) is 0 Å². The number of amides is 1. The zero-order valence-corrected chi connectivity index (χ0v) is 22.2. The third kappa shape index (κ3) is 6.71. The Kier molecular flexibility index (Phi) is 8.42. The van der Waals surface area contributed by atoms with Gasteiger partial charge < -0.3 is 10.6 Å². The van der Waals surface area contributed by atoms with E-state index in [0.29, 0.717) is 13.1 Å². The van der Waals surface area contributed by atoms with Crippen molar-refractivity contribution in [2.24, 2.45) is 5.92 Å². The molecule has 5 rings (SSSR count). The number of carbonyl (C=O) groups is 1. The molecule has 2 N–H and O–H groups in total. The van der Waals surface area contributed by atoms with E-state index in [1.54, 1.807) is 0 Å². The van der Waals surface area contributed by atoms with Crippen LogP contribution in [0.1, 0.15) is 23.1 Å². The van der Waals surface area contributed by atoms with Gasteiger partial charge in [0, 0.05) is 48.8 Å². The molecule has 0 bridgehead atoms. The van der Waals surface area contributed by atoms with Crippen LogP contribution in [0.5, 0.6) is 0 Å². The van der Waals surface area contributed by atoms with Crippen LogP contribution in [0.3, 0.4) is 0 Å². The van der Waals surface area contributed by atoms with Crippen LogP contribution in [0.2, 0.25) is 10.0 Å². The predicted octanol–water partition coefficient (Wildman–Crippen LogP) is 6.44. The number of hydrogen-bond donors (Lipinski definition) is 2. The number of benzene rings is 4. The molecule has 1 heterocycles. The second-order valence-electron chi connectivity index (χ2n) is 9.77. The Labute approximate surface area is 228 Å². The molecule has 1 amide bonds. The van der Waals surface area contributed by atoms with Crippen molar-refractivity contribution in [2.75, 3.05) is 13.1 Å². The van der Waals surface area contributed by atoms with Gasteiger partial charge in [-0.2, -0.15) is 0 Å². The summed E-state index contributed by atoms with van der Waals surface area (Å²) in [6.07, 6.45) is 0.787. The molecular formula is C31H31Cl2N3O. The first-order valence-electron chi connectivity index (χ1n) is 12.7. The Bertz CT molecular complexity index is 1320. The molecule has 4 nitrogen and oxygen atoms in total. The third-order valence-electron chi connectivity index (χ3n) is 7.10. The summed E-state index contributed by atoms with van der Waals surface area (Å²) in [7, 11) is 0. The van der Waals surface area contributed by atoms with Gasteiger partial charge in [-0.3, -0.25) is 9.69 Å². The van der Waals surface area contributed by atoms with Gasteiger partial charge in [-0.05, 0) is 58.1 Å². The van der Waals surface area contributed by atoms with Gasteiger partial charge in [0.1, 0.15) is 0 Å². The second kappa shape index (κ2) is 12.1. The summed E-state index contributed by atoms with van der Waals surface area (Å²) in [6.45, 7) is 3.51. The average Bonchev–Trinajstić information content (AvgIpc) is 2.91. The van der Waals surface area contributed by atoms with E-state index in [0.717, 1.165) is 52.8 Å². The van der Waals surface area contributed by atoms with Crippen LogP contribution >= 0.6 is 23.2 Å². The van der Waals surface area contributed by atoms with Gasteiger partial charge in [-0.1, -0.05) is 89.9 Å². The van der Waals surface area contributed by atoms with E-state index in [4.69, 9.17) is 23.2 Å². The fourth-order valence-corrected chi connectivity index (χ4v) is 5.65. The average molecular weight is 533 g/mol. The zero-order valence-electron chi connectivity index (χ0n) is 20.7. The van der Waals surface area contributed by atoms with Crippen molar-refractivity contribution >= 4 is 39.9 Å². The number of hydrogen-bond acceptors (Lipinski definition) is 3. The summed E-state index contributed by atoms with van der Waals surface area (Å²) in [5.41, 5.74) is 3.43. The van der Waals surface area contributed by atoms with E-state index in [-0.39, 0.29) is 17.9 Å². The molecule has 6 heteroatoms. The first-order valence-corrected chi connectivity index (χ1v) is 13.5. The molecule has 1 saturated heterocycles. The molecule has 4 aromatic carbocycles. The van der Waals surface area contributed by atoms with Crippen molar-refractivity contribution in [2.45, 2.75) is 32.1 Å². The zero-order chi connectivity index (χ0) is 25.6. The lowest BCUT2D eigenvalue weighted by molar-refractivity contribution is -0.126. The topological polar surface area (TPSA) is 44.4 Å². The van der Waals surface area contributed by atoms with Crippen LogP contribution in [0, 0.1) is 5.92 Å². The summed E-state index contributed by atoms with van der Waals surface area (Å²) in [6, 6.07) is 30.7. The van der Waals surface area contributed by atoms with E-state index in [2.05, 4.69) is 51.9 Å². The monoisotopic (exact) mass is 531 g/mol. The van der Waals surface area contributed by atoms with Gasteiger partial charge in [0.25, 0.3) is 0 Å². The molecule has 0 aliphatic carbocycles. The van der Waals surface area contributed by atoms with E-state index in [1.165, 1.54) is 10.8 Å². The number of nitrogens with zero attached hydrogens (tertiary/aromatic N) is 1. The molecule has 0 saturated carbocycles. The van der Waals surface area contributed by atoms with Gasteiger partial charge in [0.2, 0.25) is 5.91 Å². The Morgan fingerprint density at radius 2 is 1.49 bits per heavy atom. The van der Waals surface area contributed by atoms with Gasteiger partial charge >= 0.3 is 0 Å². The van der Waals surface area contributed by atoms with Crippen LogP contribution < -0.4 is 10.6 Å². The highest BCUT2D eigenvalue weighted by molar-refractivity contribution is 6.30. The van der Waals surface area contributed by atoms with E-state index in [9.17, 15) is 4.79 Å². The number of fused-ring (bicyclic) bond motifs is 1. The summed E-state index contributed by atoms with van der Waals surface area (Å²) in [4.78, 5) is 15.7. The van der Waals surface area contributed by atoms with Crippen molar-refractivity contribution in [3.05, 3.63) is 118 Å². The Morgan fingerprint density at radius 1 is 0.838 bits per heavy atom. The molecule has 1 aliphatic heterocycles. The van der Waals surface area contributed by atoms with Crippen molar-refractivity contribution in [3.63, 3.8) is 0 Å². The van der Waals surface area contributed by atoms with Crippen LogP contribution in [-0.4, -0.2) is 29.9 Å². The molecule has 0 spiro atoms. The van der Waals surface area contributed by atoms with Crippen LogP contribution in [0.15, 0.2) is 91.0 Å². The highest BCUT2D eigenvalue weighted by Gasteiger charge is 2.30. The lowest BCUT2D eigenvalue weighted by atomic mass is 9.93. The minimum atomic E-state index is -0.102. The minimum Gasteiger partial charge on any atom is -0.352 e. The fourth-order valence-electron chi connectivity index (χ4n) is 5.22. The summed E-state index contributed by atoms with van der Waals surface area (Å²) in [5.74, 6) is -0.00876. The van der Waals surface area contributed by atoms with Crippen LogP contribution in [-0.2, 0) is 24.4 Å². The molecule has 0 aromatic heterocycles.